The molecule has 424 valence electrons. The Morgan fingerprint density at radius 1 is 0.684 bits per heavy atom. The Morgan fingerprint density at radius 2 is 1.27 bits per heavy atom. The average molecular weight is 1080 g/mol. The summed E-state index contributed by atoms with van der Waals surface area (Å²) in [4.78, 5) is 106. The van der Waals surface area contributed by atoms with Crippen molar-refractivity contribution in [2.24, 2.45) is 10.8 Å². The van der Waals surface area contributed by atoms with Crippen LogP contribution in [0.25, 0.3) is 0 Å². The Morgan fingerprint density at radius 3 is 1.86 bits per heavy atom. The number of likely N-dealkylation sites (N-methyl/N-ethyl adjacent to an activating group) is 2. The lowest BCUT2D eigenvalue weighted by Gasteiger charge is -2.43. The molecule has 2 aliphatic heterocycles. The van der Waals surface area contributed by atoms with Crippen molar-refractivity contribution in [1.29, 1.82) is 0 Å². The molecule has 0 bridgehead atoms. The standard InChI is InChI=1S/C62H83N9O8/c1-37(63-10)54(72)67-52(61(4,5)6)59(77)70-35-45-21-14-13-20-44(45)32-51(70)58(76)69(39(3)43-23-17-24-47(31-43)79-12)34-40-27-29-42(30-28-40)56(74)65-46-33-50(57(75)66-49-26-18-22-41-19-15-16-25-48(41)49)71(36-46)60(78)53(62(7,8)9)68-55(73)38(2)64-11/h13-17,19-21,23-25,27-31,37-39,46,49-53,63-64H,18,22,26,32-36H2,1-12H3,(H,65,74)(H,66,75)(H,67,72)(H,68,73)/t37-,38-,39+,46-,49+,50-,51?,52+,53+/m0/s1. The van der Waals surface area contributed by atoms with Gasteiger partial charge >= 0.3 is 0 Å². The fraction of sp³-hybridized carbons (Fsp3) is 0.500. The van der Waals surface area contributed by atoms with E-state index >= 15 is 9.59 Å². The highest BCUT2D eigenvalue weighted by molar-refractivity contribution is 5.97. The van der Waals surface area contributed by atoms with Crippen LogP contribution in [0.2, 0.25) is 0 Å². The van der Waals surface area contributed by atoms with Crippen LogP contribution in [-0.4, -0.2) is 126 Å². The molecular formula is C62H83N9O8. The molecule has 17 heteroatoms. The van der Waals surface area contributed by atoms with E-state index in [0.717, 1.165) is 47.1 Å². The number of nitrogens with one attached hydrogen (secondary N) is 6. The Balaban J connectivity index is 1.15. The first-order valence-electron chi connectivity index (χ1n) is 27.8. The van der Waals surface area contributed by atoms with Crippen LogP contribution in [0.4, 0.5) is 0 Å². The number of methoxy groups -OCH3 is 1. The maximum absolute atomic E-state index is 15.6. The van der Waals surface area contributed by atoms with Crippen molar-refractivity contribution in [3.63, 3.8) is 0 Å². The second kappa shape index (κ2) is 25.3. The third-order valence-corrected chi connectivity index (χ3v) is 16.1. The predicted octanol–water partition coefficient (Wildman–Crippen LogP) is 5.91. The van der Waals surface area contributed by atoms with Gasteiger partial charge in [0.2, 0.25) is 35.4 Å². The SMILES string of the molecule is CN[C@@H](C)C(=O)N[C@H](C(=O)N1Cc2ccccc2CC1C(=O)N(Cc1ccc(C(=O)N[C@H]2C[C@@H](C(=O)N[C@@H]3CCCc4ccccc43)N(C(=O)[C@@H](NC(=O)[C@H](C)NC)C(C)(C)C)C2)cc1)[C@H](C)c1cccc(OC)c1)C(C)(C)C. The minimum absolute atomic E-state index is 0.0361. The number of hydrogen-bond acceptors (Lipinski definition) is 10. The zero-order valence-electron chi connectivity index (χ0n) is 48.2. The van der Waals surface area contributed by atoms with Crippen molar-refractivity contribution in [1.82, 2.24) is 46.6 Å². The van der Waals surface area contributed by atoms with Gasteiger partial charge in [-0.1, -0.05) is 114 Å². The Hall–Kier alpha value is -7.11. The molecule has 3 aliphatic rings. The largest absolute Gasteiger partial charge is 0.497 e. The van der Waals surface area contributed by atoms with Crippen LogP contribution in [0, 0.1) is 10.8 Å². The van der Waals surface area contributed by atoms with Crippen molar-refractivity contribution in [2.75, 3.05) is 27.7 Å². The normalized spacial score (nSPS) is 20.0. The number of benzene rings is 4. The molecule has 4 aromatic carbocycles. The Kier molecular flexibility index (Phi) is 19.1. The van der Waals surface area contributed by atoms with Gasteiger partial charge in [0, 0.05) is 37.7 Å². The lowest BCUT2D eigenvalue weighted by Crippen LogP contribution is -2.62. The summed E-state index contributed by atoms with van der Waals surface area (Å²) in [5.74, 6) is -1.88. The van der Waals surface area contributed by atoms with E-state index in [1.165, 1.54) is 10.5 Å². The number of ether oxygens (including phenoxy) is 1. The maximum Gasteiger partial charge on any atom is 0.251 e. The molecule has 9 atom stereocenters. The van der Waals surface area contributed by atoms with E-state index in [4.69, 9.17) is 4.74 Å². The number of likely N-dealkylation sites (tertiary alicyclic amines) is 1. The third-order valence-electron chi connectivity index (χ3n) is 16.1. The van der Waals surface area contributed by atoms with Crippen LogP contribution in [0.3, 0.4) is 0 Å². The number of carbonyl (C=O) groups excluding carboxylic acids is 7. The lowest BCUT2D eigenvalue weighted by molar-refractivity contribution is -0.152. The molecule has 2 heterocycles. The zero-order chi connectivity index (χ0) is 57.5. The van der Waals surface area contributed by atoms with Crippen molar-refractivity contribution in [2.45, 2.75) is 162 Å². The molecule has 4 aromatic rings. The molecule has 1 unspecified atom stereocenters. The minimum atomic E-state index is -0.973. The first-order valence-corrected chi connectivity index (χ1v) is 27.8. The molecule has 7 rings (SSSR count). The summed E-state index contributed by atoms with van der Waals surface area (Å²) in [7, 11) is 4.93. The van der Waals surface area contributed by atoms with Crippen LogP contribution in [-0.2, 0) is 54.7 Å². The Bertz CT molecular complexity index is 2860. The molecule has 6 N–H and O–H groups in total. The van der Waals surface area contributed by atoms with Gasteiger partial charge in [0.1, 0.15) is 29.9 Å². The van der Waals surface area contributed by atoms with E-state index in [1.807, 2.05) is 115 Å². The summed E-state index contributed by atoms with van der Waals surface area (Å²) in [6, 6.07) is 24.0. The molecule has 0 saturated carbocycles. The van der Waals surface area contributed by atoms with E-state index in [-0.39, 0.29) is 68.1 Å². The van der Waals surface area contributed by atoms with Crippen molar-refractivity contribution in [3.8, 4) is 5.75 Å². The van der Waals surface area contributed by atoms with Crippen LogP contribution >= 0.6 is 0 Å². The summed E-state index contributed by atoms with van der Waals surface area (Å²) >= 11 is 0. The maximum atomic E-state index is 15.6. The van der Waals surface area contributed by atoms with Crippen LogP contribution in [0.15, 0.2) is 97.1 Å². The lowest BCUT2D eigenvalue weighted by atomic mass is 9.84. The van der Waals surface area contributed by atoms with Gasteiger partial charge in [-0.2, -0.15) is 0 Å². The van der Waals surface area contributed by atoms with E-state index < -0.39 is 71.0 Å². The van der Waals surface area contributed by atoms with E-state index in [1.54, 1.807) is 69.1 Å². The predicted molar refractivity (Wildman–Crippen MR) is 304 cm³/mol. The highest BCUT2D eigenvalue weighted by atomic mass is 16.5. The highest BCUT2D eigenvalue weighted by Gasteiger charge is 2.47. The van der Waals surface area contributed by atoms with Crippen molar-refractivity contribution >= 4 is 41.4 Å². The first kappa shape index (κ1) is 59.5. The Labute approximate surface area is 466 Å². The van der Waals surface area contributed by atoms with Gasteiger partial charge in [0.25, 0.3) is 5.91 Å². The third kappa shape index (κ3) is 14.0. The number of amides is 7. The topological polar surface area (TPSA) is 211 Å². The summed E-state index contributed by atoms with van der Waals surface area (Å²) < 4.78 is 5.60. The van der Waals surface area contributed by atoms with Gasteiger partial charge < -0.3 is 51.3 Å². The molecule has 0 spiro atoms. The highest BCUT2D eigenvalue weighted by Crippen LogP contribution is 2.35. The summed E-state index contributed by atoms with van der Waals surface area (Å²) in [6.07, 6.45) is 2.96. The second-order valence-electron chi connectivity index (χ2n) is 23.8. The molecule has 17 nitrogen and oxygen atoms in total. The summed E-state index contributed by atoms with van der Waals surface area (Å²) in [5, 5.41) is 18.2. The molecule has 1 aliphatic carbocycles. The van der Waals surface area contributed by atoms with Gasteiger partial charge in [-0.3, -0.25) is 33.6 Å². The van der Waals surface area contributed by atoms with E-state index in [0.29, 0.717) is 11.3 Å². The van der Waals surface area contributed by atoms with Gasteiger partial charge in [-0.05, 0) is 129 Å². The molecule has 79 heavy (non-hydrogen) atoms. The van der Waals surface area contributed by atoms with Crippen molar-refractivity contribution in [3.05, 3.63) is 136 Å². The molecule has 1 saturated heterocycles. The van der Waals surface area contributed by atoms with E-state index in [2.05, 4.69) is 38.0 Å². The van der Waals surface area contributed by atoms with Gasteiger partial charge in [-0.25, -0.2) is 0 Å². The number of aryl methyl sites for hydroxylation is 1. The first-order chi connectivity index (χ1) is 37.4. The second-order valence-corrected chi connectivity index (χ2v) is 23.8. The quantitative estimate of drug-likeness (QED) is 0.0694. The summed E-state index contributed by atoms with van der Waals surface area (Å²) in [5.41, 5.74) is 4.52. The molecule has 0 radical (unpaired) electrons. The number of carbonyl (C=O) groups is 7. The molecule has 7 amide bonds. The number of fused-ring (bicyclic) bond motifs is 2. The van der Waals surface area contributed by atoms with Crippen LogP contribution < -0.4 is 36.6 Å². The van der Waals surface area contributed by atoms with Crippen molar-refractivity contribution < 1.29 is 38.3 Å². The summed E-state index contributed by atoms with van der Waals surface area (Å²) in [6.45, 7) is 17.0. The monoisotopic (exact) mass is 1080 g/mol. The molecule has 1 fully saturated rings. The average Bonchev–Trinajstić information content (AvgIpc) is 3.99. The number of nitrogens with zero attached hydrogens (tertiary/aromatic N) is 3. The number of rotatable bonds is 18. The molecular weight excluding hydrogens is 999 g/mol. The van der Waals surface area contributed by atoms with Gasteiger partial charge in [-0.15, -0.1) is 0 Å². The van der Waals surface area contributed by atoms with Gasteiger partial charge in [0.05, 0.1) is 31.3 Å². The van der Waals surface area contributed by atoms with Crippen LogP contribution in [0.1, 0.15) is 137 Å². The number of hydrogen-bond donors (Lipinski definition) is 6. The smallest absolute Gasteiger partial charge is 0.251 e. The fourth-order valence-electron chi connectivity index (χ4n) is 10.9. The molecule has 0 aromatic heterocycles. The fourth-order valence-corrected chi connectivity index (χ4v) is 10.9. The van der Waals surface area contributed by atoms with E-state index in [9.17, 15) is 24.0 Å². The minimum Gasteiger partial charge on any atom is -0.497 e. The van der Waals surface area contributed by atoms with Crippen LogP contribution in [0.5, 0.6) is 5.75 Å². The zero-order valence-corrected chi connectivity index (χ0v) is 48.2. The van der Waals surface area contributed by atoms with Gasteiger partial charge in [0.15, 0.2) is 0 Å².